The summed E-state index contributed by atoms with van der Waals surface area (Å²) in [6, 6.07) is 8.12. The molecule has 0 bridgehead atoms. The van der Waals surface area contributed by atoms with E-state index in [9.17, 15) is 0 Å². The Kier molecular flexibility index (Phi) is 7.78. The van der Waals surface area contributed by atoms with E-state index < -0.39 is 0 Å². The van der Waals surface area contributed by atoms with Crippen molar-refractivity contribution in [3.05, 3.63) is 41.5 Å². The number of hydrogen-bond acceptors (Lipinski definition) is 6. The Morgan fingerprint density at radius 2 is 1.74 bits per heavy atom. The van der Waals surface area contributed by atoms with E-state index in [1.165, 1.54) is 5.56 Å². The summed E-state index contributed by atoms with van der Waals surface area (Å²) in [5.41, 5.74) is 7.93. The number of aryl methyl sites for hydroxylation is 1. The first-order chi connectivity index (χ1) is 10.2. The van der Waals surface area contributed by atoms with Gasteiger partial charge in [-0.25, -0.2) is 0 Å². The van der Waals surface area contributed by atoms with Gasteiger partial charge in [-0.3, -0.25) is 9.80 Å². The zero-order valence-corrected chi connectivity index (χ0v) is 14.8. The van der Waals surface area contributed by atoms with E-state index in [-0.39, 0.29) is 24.8 Å². The molecule has 128 valence electrons. The molecule has 2 aromatic rings. The first kappa shape index (κ1) is 19.7. The molecular weight excluding hydrogens is 337 g/mol. The molecule has 1 saturated heterocycles. The molecule has 0 atom stereocenters. The molecular formula is C15H23Cl2N5O. The minimum absolute atomic E-state index is 0. The normalized spacial score (nSPS) is 15.7. The topological polar surface area (TPSA) is 71.4 Å². The maximum absolute atomic E-state index is 5.82. The molecule has 0 unspecified atom stereocenters. The van der Waals surface area contributed by atoms with E-state index >= 15 is 0 Å². The van der Waals surface area contributed by atoms with Gasteiger partial charge in [-0.1, -0.05) is 17.3 Å². The highest BCUT2D eigenvalue weighted by Gasteiger charge is 2.18. The molecule has 1 aromatic carbocycles. The molecule has 2 heterocycles. The molecule has 2 N–H and O–H groups in total. The van der Waals surface area contributed by atoms with Crippen molar-refractivity contribution in [2.24, 2.45) is 0 Å². The summed E-state index contributed by atoms with van der Waals surface area (Å²) in [4.78, 5) is 9.07. The molecule has 6 nitrogen and oxygen atoms in total. The Balaban J connectivity index is 0.00000132. The Morgan fingerprint density at radius 3 is 2.30 bits per heavy atom. The van der Waals surface area contributed by atoms with Gasteiger partial charge in [0, 0.05) is 45.3 Å². The van der Waals surface area contributed by atoms with Gasteiger partial charge in [0.1, 0.15) is 0 Å². The number of rotatable bonds is 4. The van der Waals surface area contributed by atoms with Gasteiger partial charge in [-0.15, -0.1) is 24.8 Å². The lowest BCUT2D eigenvalue weighted by atomic mass is 10.2. The van der Waals surface area contributed by atoms with Crippen molar-refractivity contribution in [3.8, 4) is 0 Å². The minimum Gasteiger partial charge on any atom is -0.399 e. The van der Waals surface area contributed by atoms with Crippen molar-refractivity contribution in [1.29, 1.82) is 0 Å². The predicted molar refractivity (Wildman–Crippen MR) is 94.9 cm³/mol. The van der Waals surface area contributed by atoms with Crippen LogP contribution in [0.3, 0.4) is 0 Å². The summed E-state index contributed by atoms with van der Waals surface area (Å²) in [5.74, 6) is 1.40. The van der Waals surface area contributed by atoms with E-state index in [1.807, 2.05) is 19.1 Å². The van der Waals surface area contributed by atoms with Crippen LogP contribution in [0, 0.1) is 6.92 Å². The maximum atomic E-state index is 5.82. The Labute approximate surface area is 148 Å². The zero-order valence-electron chi connectivity index (χ0n) is 13.1. The molecule has 8 heteroatoms. The number of benzene rings is 1. The molecule has 0 radical (unpaired) electrons. The van der Waals surface area contributed by atoms with E-state index in [4.69, 9.17) is 10.3 Å². The van der Waals surface area contributed by atoms with Crippen molar-refractivity contribution in [2.75, 3.05) is 31.9 Å². The fraction of sp³-hybridized carbons (Fsp3) is 0.467. The molecule has 0 aliphatic carbocycles. The van der Waals surface area contributed by atoms with E-state index in [0.29, 0.717) is 5.89 Å². The van der Waals surface area contributed by atoms with E-state index in [2.05, 4.69) is 32.1 Å². The van der Waals surface area contributed by atoms with Crippen LogP contribution in [0.4, 0.5) is 5.69 Å². The number of nitrogen functional groups attached to an aromatic ring is 1. The fourth-order valence-corrected chi connectivity index (χ4v) is 2.66. The quantitative estimate of drug-likeness (QED) is 0.843. The Hall–Kier alpha value is -1.34. The smallest absolute Gasteiger partial charge is 0.223 e. The van der Waals surface area contributed by atoms with Crippen LogP contribution in [-0.2, 0) is 13.1 Å². The average Bonchev–Trinajstić information content (AvgIpc) is 2.86. The van der Waals surface area contributed by atoms with Gasteiger partial charge in [-0.05, 0) is 17.7 Å². The Bertz CT molecular complexity index is 599. The molecule has 23 heavy (non-hydrogen) atoms. The van der Waals surface area contributed by atoms with Gasteiger partial charge >= 0.3 is 0 Å². The minimum atomic E-state index is 0. The molecule has 1 fully saturated rings. The molecule has 1 aromatic heterocycles. The van der Waals surface area contributed by atoms with Crippen LogP contribution >= 0.6 is 24.8 Å². The van der Waals surface area contributed by atoms with Crippen LogP contribution in [0.1, 0.15) is 17.3 Å². The third-order valence-electron chi connectivity index (χ3n) is 3.76. The van der Waals surface area contributed by atoms with Gasteiger partial charge in [0.15, 0.2) is 5.82 Å². The fourth-order valence-electron chi connectivity index (χ4n) is 2.66. The highest BCUT2D eigenvalue weighted by Crippen LogP contribution is 2.12. The largest absolute Gasteiger partial charge is 0.399 e. The maximum Gasteiger partial charge on any atom is 0.223 e. The number of anilines is 1. The first-order valence-corrected chi connectivity index (χ1v) is 7.27. The number of nitrogens with two attached hydrogens (primary N) is 1. The van der Waals surface area contributed by atoms with E-state index in [0.717, 1.165) is 50.8 Å². The predicted octanol–water partition coefficient (Wildman–Crippen LogP) is 2.12. The third kappa shape index (κ3) is 5.66. The van der Waals surface area contributed by atoms with Crippen molar-refractivity contribution in [3.63, 3.8) is 0 Å². The highest BCUT2D eigenvalue weighted by atomic mass is 35.5. The van der Waals surface area contributed by atoms with Gasteiger partial charge in [0.25, 0.3) is 0 Å². The van der Waals surface area contributed by atoms with Crippen LogP contribution in [0.25, 0.3) is 0 Å². The van der Waals surface area contributed by atoms with Gasteiger partial charge in [0.2, 0.25) is 5.89 Å². The molecule has 1 aliphatic rings. The van der Waals surface area contributed by atoms with Crippen LogP contribution in [0.2, 0.25) is 0 Å². The van der Waals surface area contributed by atoms with Crippen molar-refractivity contribution >= 4 is 30.5 Å². The van der Waals surface area contributed by atoms with Crippen molar-refractivity contribution in [1.82, 2.24) is 19.9 Å². The lowest BCUT2D eigenvalue weighted by Gasteiger charge is -2.34. The monoisotopic (exact) mass is 359 g/mol. The SMILES string of the molecule is Cc1nc(CN2CCN(Cc3cccc(N)c3)CC2)no1.Cl.Cl. The van der Waals surface area contributed by atoms with Gasteiger partial charge in [-0.2, -0.15) is 4.98 Å². The van der Waals surface area contributed by atoms with Crippen molar-refractivity contribution in [2.45, 2.75) is 20.0 Å². The average molecular weight is 360 g/mol. The molecule has 1 aliphatic heterocycles. The van der Waals surface area contributed by atoms with Crippen molar-refractivity contribution < 1.29 is 4.52 Å². The second-order valence-corrected chi connectivity index (χ2v) is 5.53. The number of nitrogens with zero attached hydrogens (tertiary/aromatic N) is 4. The van der Waals surface area contributed by atoms with Crippen LogP contribution in [0.15, 0.2) is 28.8 Å². The van der Waals surface area contributed by atoms with Gasteiger partial charge < -0.3 is 10.3 Å². The van der Waals surface area contributed by atoms with Crippen LogP contribution < -0.4 is 5.73 Å². The van der Waals surface area contributed by atoms with Crippen LogP contribution in [0.5, 0.6) is 0 Å². The third-order valence-corrected chi connectivity index (χ3v) is 3.76. The lowest BCUT2D eigenvalue weighted by molar-refractivity contribution is 0.119. The summed E-state index contributed by atoms with van der Waals surface area (Å²) in [6.45, 7) is 7.69. The van der Waals surface area contributed by atoms with E-state index in [1.54, 1.807) is 0 Å². The molecule has 0 spiro atoms. The highest BCUT2D eigenvalue weighted by molar-refractivity contribution is 5.85. The zero-order chi connectivity index (χ0) is 14.7. The standard InChI is InChI=1S/C15H21N5O.2ClH/c1-12-17-15(18-21-12)11-20-7-5-19(6-8-20)10-13-3-2-4-14(16)9-13;;/h2-4,9H,5-8,10-11,16H2,1H3;2*1H. The first-order valence-electron chi connectivity index (χ1n) is 7.27. The summed E-state index contributed by atoms with van der Waals surface area (Å²) in [5, 5.41) is 3.95. The molecule has 0 amide bonds. The summed E-state index contributed by atoms with van der Waals surface area (Å²) in [6.07, 6.45) is 0. The second-order valence-electron chi connectivity index (χ2n) is 5.53. The van der Waals surface area contributed by atoms with Crippen LogP contribution in [-0.4, -0.2) is 46.1 Å². The number of hydrogen-bond donors (Lipinski definition) is 1. The summed E-state index contributed by atoms with van der Waals surface area (Å²) >= 11 is 0. The second kappa shape index (κ2) is 9.08. The summed E-state index contributed by atoms with van der Waals surface area (Å²) < 4.78 is 5.01. The number of piperazine rings is 1. The summed E-state index contributed by atoms with van der Waals surface area (Å²) in [7, 11) is 0. The molecule has 0 saturated carbocycles. The number of halogens is 2. The van der Waals surface area contributed by atoms with Gasteiger partial charge in [0.05, 0.1) is 6.54 Å². The Morgan fingerprint density at radius 1 is 1.09 bits per heavy atom. The number of aromatic nitrogens is 2. The lowest BCUT2D eigenvalue weighted by Crippen LogP contribution is -2.45. The molecule has 3 rings (SSSR count).